The molecule has 0 fully saturated rings. The minimum Gasteiger partial charge on any atom is -0.390 e. The first-order valence-electron chi connectivity index (χ1n) is 10.7. The molecule has 0 radical (unpaired) electrons. The van der Waals surface area contributed by atoms with Crippen molar-refractivity contribution in [3.8, 4) is 12.3 Å². The van der Waals surface area contributed by atoms with Crippen LogP contribution >= 0.6 is 0 Å². The third kappa shape index (κ3) is 5.58. The Morgan fingerprint density at radius 3 is 2.73 bits per heavy atom. The molecule has 3 aromatic rings. The van der Waals surface area contributed by atoms with E-state index in [0.717, 1.165) is 33.2 Å². The summed E-state index contributed by atoms with van der Waals surface area (Å²) in [5.74, 6) is 2.46. The lowest BCUT2D eigenvalue weighted by molar-refractivity contribution is 0.370. The average molecular weight is 441 g/mol. The van der Waals surface area contributed by atoms with Gasteiger partial charge in [-0.05, 0) is 67.4 Å². The van der Waals surface area contributed by atoms with Gasteiger partial charge in [0.05, 0.1) is 6.54 Å². The lowest BCUT2D eigenvalue weighted by Crippen LogP contribution is -2.18. The molecule has 0 aliphatic rings. The number of hydrogen-bond donors (Lipinski definition) is 0. The van der Waals surface area contributed by atoms with Crippen LogP contribution in [0.4, 0.5) is 0 Å². The Balaban J connectivity index is 1.72. The molecule has 1 heterocycles. The molecular weight excluding hydrogens is 412 g/mol. The Labute approximate surface area is 194 Å². The van der Waals surface area contributed by atoms with Crippen LogP contribution in [0, 0.1) is 12.3 Å². The summed E-state index contributed by atoms with van der Waals surface area (Å²) in [6.07, 6.45) is 9.51. The highest BCUT2D eigenvalue weighted by Crippen LogP contribution is 2.20. The van der Waals surface area contributed by atoms with E-state index in [9.17, 15) is 4.79 Å². The largest absolute Gasteiger partial charge is 0.437 e. The maximum Gasteiger partial charge on any atom is 0.437 e. The highest BCUT2D eigenvalue weighted by molar-refractivity contribution is 5.84. The molecular formula is C27H28N4O2. The summed E-state index contributed by atoms with van der Waals surface area (Å²) < 4.78 is 6.72. The van der Waals surface area contributed by atoms with Crippen LogP contribution in [0.3, 0.4) is 0 Å². The first-order chi connectivity index (χ1) is 15.9. The Morgan fingerprint density at radius 1 is 1.27 bits per heavy atom. The van der Waals surface area contributed by atoms with Gasteiger partial charge in [-0.15, -0.1) is 11.5 Å². The fourth-order valence-electron chi connectivity index (χ4n) is 3.46. The number of aromatic nitrogens is 2. The van der Waals surface area contributed by atoms with Gasteiger partial charge in [0.25, 0.3) is 0 Å². The summed E-state index contributed by atoms with van der Waals surface area (Å²) in [6.45, 7) is 14.3. The first-order valence-corrected chi connectivity index (χ1v) is 10.7. The van der Waals surface area contributed by atoms with Crippen molar-refractivity contribution in [1.29, 1.82) is 0 Å². The van der Waals surface area contributed by atoms with E-state index >= 15 is 0 Å². The minimum absolute atomic E-state index is 0.246. The second-order valence-electron chi connectivity index (χ2n) is 7.63. The molecule has 0 aliphatic carbocycles. The van der Waals surface area contributed by atoms with Gasteiger partial charge >= 0.3 is 5.76 Å². The number of aryl methyl sites for hydroxylation is 2. The zero-order chi connectivity index (χ0) is 24.0. The number of hydrogen-bond acceptors (Lipinski definition) is 5. The summed E-state index contributed by atoms with van der Waals surface area (Å²) >= 11 is 0. The topological polar surface area (TPSA) is 63.6 Å². The summed E-state index contributed by atoms with van der Waals surface area (Å²) in [7, 11) is 0. The van der Waals surface area contributed by atoms with Gasteiger partial charge in [-0.1, -0.05) is 43.3 Å². The molecule has 0 spiro atoms. The third-order valence-electron chi connectivity index (χ3n) is 5.50. The molecule has 0 unspecified atom stereocenters. The quantitative estimate of drug-likeness (QED) is 0.265. The normalized spacial score (nSPS) is 11.9. The second-order valence-corrected chi connectivity index (χ2v) is 7.63. The Bertz CT molecular complexity index is 1350. The van der Waals surface area contributed by atoms with E-state index in [1.54, 1.807) is 17.3 Å². The van der Waals surface area contributed by atoms with Gasteiger partial charge in [0.1, 0.15) is 6.54 Å². The summed E-state index contributed by atoms with van der Waals surface area (Å²) in [4.78, 5) is 18.4. The SMILES string of the molecule is C#Cc1ccc2ccc(CCn3nc(CN(C=C)C(=C)/C(C)=C(C)/N=C\C)oc3=O)cc2c1. The van der Waals surface area contributed by atoms with Gasteiger partial charge < -0.3 is 9.32 Å². The number of fused-ring (bicyclic) bond motifs is 1. The zero-order valence-corrected chi connectivity index (χ0v) is 19.3. The lowest BCUT2D eigenvalue weighted by atomic mass is 10.0. The lowest BCUT2D eigenvalue weighted by Gasteiger charge is -2.21. The van der Waals surface area contributed by atoms with Crippen LogP contribution in [0.2, 0.25) is 0 Å². The molecule has 0 saturated heterocycles. The maximum absolute atomic E-state index is 12.3. The van der Waals surface area contributed by atoms with Gasteiger partial charge in [-0.3, -0.25) is 4.99 Å². The predicted molar refractivity (Wildman–Crippen MR) is 134 cm³/mol. The molecule has 0 atom stereocenters. The van der Waals surface area contributed by atoms with Gasteiger partial charge in [0.15, 0.2) is 0 Å². The Morgan fingerprint density at radius 2 is 2.03 bits per heavy atom. The van der Waals surface area contributed by atoms with Crippen molar-refractivity contribution in [3.63, 3.8) is 0 Å². The number of rotatable bonds is 9. The van der Waals surface area contributed by atoms with E-state index in [2.05, 4.69) is 41.3 Å². The Hall–Kier alpha value is -4.11. The third-order valence-corrected chi connectivity index (χ3v) is 5.50. The monoisotopic (exact) mass is 440 g/mol. The van der Waals surface area contributed by atoms with Crippen molar-refractivity contribution in [3.05, 3.63) is 100 Å². The predicted octanol–water partition coefficient (Wildman–Crippen LogP) is 5.06. The highest BCUT2D eigenvalue weighted by atomic mass is 16.4. The number of aliphatic imine (C=N–C) groups is 1. The molecule has 2 aromatic carbocycles. The van der Waals surface area contributed by atoms with Crippen molar-refractivity contribution in [2.75, 3.05) is 0 Å². The first kappa shape index (κ1) is 23.6. The standard InChI is InChI=1S/C27H28N4O2/c1-7-22-10-12-24-13-11-23(17-25(24)16-22)14-15-31-27(32)33-26(29-31)18-30(9-3)21(6)19(4)20(5)28-8-2/h1,8-13,16-17H,3,6,14-15,18H2,2,4-5H3/b20-19+,28-8-. The fraction of sp³-hybridized carbons (Fsp3) is 0.222. The molecule has 33 heavy (non-hydrogen) atoms. The molecule has 0 aliphatic heterocycles. The van der Waals surface area contributed by atoms with Crippen LogP contribution in [-0.2, 0) is 19.5 Å². The molecule has 6 nitrogen and oxygen atoms in total. The molecule has 0 N–H and O–H groups in total. The summed E-state index contributed by atoms with van der Waals surface area (Å²) in [5, 5.41) is 6.55. The Kier molecular flexibility index (Phi) is 7.47. The summed E-state index contributed by atoms with van der Waals surface area (Å²) in [5.41, 5.74) is 4.41. The number of nitrogens with zero attached hydrogens (tertiary/aromatic N) is 4. The van der Waals surface area contributed by atoms with Crippen molar-refractivity contribution in [1.82, 2.24) is 14.7 Å². The molecule has 1 aromatic heterocycles. The molecule has 0 saturated carbocycles. The van der Waals surface area contributed by atoms with E-state index in [0.29, 0.717) is 24.6 Å². The molecule has 3 rings (SSSR count). The van der Waals surface area contributed by atoms with Gasteiger partial charge in [-0.25, -0.2) is 4.79 Å². The molecule has 0 bridgehead atoms. The maximum atomic E-state index is 12.3. The summed E-state index contributed by atoms with van der Waals surface area (Å²) in [6, 6.07) is 12.1. The zero-order valence-electron chi connectivity index (χ0n) is 19.3. The van der Waals surface area contributed by atoms with E-state index in [-0.39, 0.29) is 6.54 Å². The fourth-order valence-corrected chi connectivity index (χ4v) is 3.46. The number of benzene rings is 2. The number of terminal acetylenes is 1. The number of allylic oxidation sites excluding steroid dienone is 2. The van der Waals surface area contributed by atoms with Crippen LogP contribution in [0.15, 0.2) is 86.9 Å². The highest BCUT2D eigenvalue weighted by Gasteiger charge is 2.15. The van der Waals surface area contributed by atoms with Crippen LogP contribution in [0.25, 0.3) is 10.8 Å². The molecule has 168 valence electrons. The second kappa shape index (κ2) is 10.5. The minimum atomic E-state index is -0.492. The molecule has 0 amide bonds. The van der Waals surface area contributed by atoms with Crippen molar-refractivity contribution in [2.24, 2.45) is 4.99 Å². The van der Waals surface area contributed by atoms with Crippen LogP contribution < -0.4 is 5.76 Å². The van der Waals surface area contributed by atoms with Crippen molar-refractivity contribution >= 4 is 17.0 Å². The van der Waals surface area contributed by atoms with E-state index < -0.39 is 5.76 Å². The van der Waals surface area contributed by atoms with E-state index in [1.807, 2.05) is 45.0 Å². The van der Waals surface area contributed by atoms with Crippen molar-refractivity contribution in [2.45, 2.75) is 40.3 Å². The average Bonchev–Trinajstić information content (AvgIpc) is 3.18. The van der Waals surface area contributed by atoms with Crippen LogP contribution in [0.5, 0.6) is 0 Å². The van der Waals surface area contributed by atoms with Gasteiger partial charge in [-0.2, -0.15) is 4.68 Å². The van der Waals surface area contributed by atoms with E-state index in [4.69, 9.17) is 10.8 Å². The van der Waals surface area contributed by atoms with Crippen LogP contribution in [-0.4, -0.2) is 20.9 Å². The van der Waals surface area contributed by atoms with E-state index in [1.165, 1.54) is 4.68 Å². The van der Waals surface area contributed by atoms with Gasteiger partial charge in [0.2, 0.25) is 5.89 Å². The van der Waals surface area contributed by atoms with Crippen LogP contribution in [0.1, 0.15) is 37.8 Å². The van der Waals surface area contributed by atoms with Gasteiger partial charge in [0, 0.05) is 23.2 Å². The smallest absolute Gasteiger partial charge is 0.390 e. The molecule has 6 heteroatoms. The van der Waals surface area contributed by atoms with Crippen molar-refractivity contribution < 1.29 is 4.42 Å².